The summed E-state index contributed by atoms with van der Waals surface area (Å²) in [5, 5.41) is 4.09. The number of hydrogen-bond donors (Lipinski definition) is 0. The lowest BCUT2D eigenvalue weighted by atomic mass is 10.1. The van der Waals surface area contributed by atoms with E-state index in [9.17, 15) is 14.0 Å². The number of amides is 1. The van der Waals surface area contributed by atoms with E-state index in [1.54, 1.807) is 4.68 Å². The van der Waals surface area contributed by atoms with Crippen LogP contribution >= 0.6 is 0 Å². The molecule has 0 bridgehead atoms. The highest BCUT2D eigenvalue weighted by Gasteiger charge is 2.36. The molecule has 0 fully saturated rings. The van der Waals surface area contributed by atoms with Crippen LogP contribution in [0.25, 0.3) is 0 Å². The Kier molecular flexibility index (Phi) is 3.04. The van der Waals surface area contributed by atoms with Gasteiger partial charge in [0.25, 0.3) is 11.7 Å². The van der Waals surface area contributed by atoms with E-state index in [0.717, 1.165) is 6.07 Å². The van der Waals surface area contributed by atoms with Crippen LogP contribution in [-0.2, 0) is 11.3 Å². The third-order valence-corrected chi connectivity index (χ3v) is 3.37. The summed E-state index contributed by atoms with van der Waals surface area (Å²) in [5.74, 6) is -1.33. The van der Waals surface area contributed by atoms with Gasteiger partial charge in [-0.25, -0.2) is 14.1 Å². The fourth-order valence-electron chi connectivity index (χ4n) is 2.39. The minimum absolute atomic E-state index is 0.0867. The maximum absolute atomic E-state index is 13.2. The van der Waals surface area contributed by atoms with E-state index in [1.165, 1.54) is 23.4 Å². The zero-order valence-corrected chi connectivity index (χ0v) is 11.6. The van der Waals surface area contributed by atoms with Crippen molar-refractivity contribution < 1.29 is 14.0 Å². The van der Waals surface area contributed by atoms with Gasteiger partial charge in [0.15, 0.2) is 0 Å². The van der Waals surface area contributed by atoms with E-state index < -0.39 is 17.5 Å². The Morgan fingerprint density at radius 3 is 2.76 bits per heavy atom. The largest absolute Gasteiger partial charge is 0.299 e. The third-order valence-electron chi connectivity index (χ3n) is 3.37. The molecule has 1 aliphatic heterocycles. The Labute approximate surface area is 120 Å². The Balaban J connectivity index is 1.99. The number of carbonyl (C=O) groups excluding carboxylic acids is 2. The van der Waals surface area contributed by atoms with E-state index in [-0.39, 0.29) is 18.2 Å². The molecule has 1 aromatic heterocycles. The fourth-order valence-corrected chi connectivity index (χ4v) is 2.39. The van der Waals surface area contributed by atoms with Gasteiger partial charge in [-0.05, 0) is 32.0 Å². The molecule has 0 spiro atoms. The predicted molar refractivity (Wildman–Crippen MR) is 72.3 cm³/mol. The quantitative estimate of drug-likeness (QED) is 0.807. The third kappa shape index (κ3) is 2.10. The van der Waals surface area contributed by atoms with Gasteiger partial charge in [-0.3, -0.25) is 14.5 Å². The summed E-state index contributed by atoms with van der Waals surface area (Å²) in [6.45, 7) is 4.01. The second-order valence-corrected chi connectivity index (χ2v) is 5.10. The van der Waals surface area contributed by atoms with Crippen molar-refractivity contribution in [3.63, 3.8) is 0 Å². The first-order chi connectivity index (χ1) is 9.99. The number of carbonyl (C=O) groups is 2. The first-order valence-corrected chi connectivity index (χ1v) is 6.53. The number of rotatable bonds is 3. The van der Waals surface area contributed by atoms with Crippen LogP contribution in [0.1, 0.15) is 36.1 Å². The molecule has 108 valence electrons. The summed E-state index contributed by atoms with van der Waals surface area (Å²) in [7, 11) is 0. The molecule has 0 aliphatic carbocycles. The van der Waals surface area contributed by atoms with Crippen molar-refractivity contribution in [1.29, 1.82) is 0 Å². The average Bonchev–Trinajstić information content (AvgIpc) is 2.99. The van der Waals surface area contributed by atoms with Crippen molar-refractivity contribution in [2.75, 3.05) is 4.90 Å². The molecule has 0 atom stereocenters. The molecule has 0 N–H and O–H groups in total. The predicted octanol–water partition coefficient (Wildman–Crippen LogP) is 1.73. The number of hydrogen-bond acceptors (Lipinski definition) is 4. The summed E-state index contributed by atoms with van der Waals surface area (Å²) < 4.78 is 14.9. The maximum Gasteiger partial charge on any atom is 0.299 e. The minimum Gasteiger partial charge on any atom is -0.297 e. The van der Waals surface area contributed by atoms with Crippen molar-refractivity contribution in [1.82, 2.24) is 14.8 Å². The van der Waals surface area contributed by atoms with Gasteiger partial charge in [0.2, 0.25) is 0 Å². The van der Waals surface area contributed by atoms with Crippen molar-refractivity contribution in [2.45, 2.75) is 26.4 Å². The summed E-state index contributed by atoms with van der Waals surface area (Å²) in [5.41, 5.74) is 0.500. The highest BCUT2D eigenvalue weighted by molar-refractivity contribution is 6.52. The van der Waals surface area contributed by atoms with Crippen LogP contribution < -0.4 is 4.90 Å². The van der Waals surface area contributed by atoms with E-state index in [2.05, 4.69) is 10.1 Å². The van der Waals surface area contributed by atoms with Gasteiger partial charge in [0.05, 0.1) is 17.8 Å². The molecule has 1 aliphatic rings. The van der Waals surface area contributed by atoms with Crippen LogP contribution in [0, 0.1) is 5.82 Å². The zero-order valence-electron chi connectivity index (χ0n) is 11.6. The van der Waals surface area contributed by atoms with Crippen LogP contribution in [0.5, 0.6) is 0 Å². The summed E-state index contributed by atoms with van der Waals surface area (Å²) >= 11 is 0. The molecular formula is C14H13FN4O2. The first kappa shape index (κ1) is 13.4. The SMILES string of the molecule is CC(C)n1ncnc1CN1C(=O)C(=O)c2cc(F)ccc21. The van der Waals surface area contributed by atoms with Crippen molar-refractivity contribution >= 4 is 17.4 Å². The number of halogens is 1. The van der Waals surface area contributed by atoms with Gasteiger partial charge in [-0.15, -0.1) is 0 Å². The van der Waals surface area contributed by atoms with E-state index in [0.29, 0.717) is 11.5 Å². The smallest absolute Gasteiger partial charge is 0.297 e. The molecule has 2 aromatic rings. The van der Waals surface area contributed by atoms with Crippen LogP contribution in [0.4, 0.5) is 10.1 Å². The molecule has 0 radical (unpaired) electrons. The number of anilines is 1. The van der Waals surface area contributed by atoms with Gasteiger partial charge in [0, 0.05) is 6.04 Å². The number of fused-ring (bicyclic) bond motifs is 1. The highest BCUT2D eigenvalue weighted by atomic mass is 19.1. The number of nitrogens with zero attached hydrogens (tertiary/aromatic N) is 4. The van der Waals surface area contributed by atoms with Gasteiger partial charge in [-0.1, -0.05) is 0 Å². The van der Waals surface area contributed by atoms with Gasteiger partial charge < -0.3 is 0 Å². The van der Waals surface area contributed by atoms with Crippen LogP contribution in [0.15, 0.2) is 24.5 Å². The fraction of sp³-hybridized carbons (Fsp3) is 0.286. The molecule has 6 nitrogen and oxygen atoms in total. The molecular weight excluding hydrogens is 275 g/mol. The molecule has 2 heterocycles. The number of Topliss-reactive ketones (excluding diaryl/α,β-unsaturated/α-hetero) is 1. The lowest BCUT2D eigenvalue weighted by Gasteiger charge is -2.17. The van der Waals surface area contributed by atoms with E-state index in [4.69, 9.17) is 0 Å². The Morgan fingerprint density at radius 2 is 2.05 bits per heavy atom. The zero-order chi connectivity index (χ0) is 15.1. The number of aromatic nitrogens is 3. The lowest BCUT2D eigenvalue weighted by molar-refractivity contribution is -0.114. The second kappa shape index (κ2) is 4.76. The van der Waals surface area contributed by atoms with Gasteiger partial charge in [0.1, 0.15) is 18.0 Å². The topological polar surface area (TPSA) is 68.1 Å². The van der Waals surface area contributed by atoms with Crippen molar-refractivity contribution in [3.8, 4) is 0 Å². The number of ketones is 1. The van der Waals surface area contributed by atoms with Gasteiger partial charge in [-0.2, -0.15) is 5.10 Å². The van der Waals surface area contributed by atoms with E-state index >= 15 is 0 Å². The summed E-state index contributed by atoms with van der Waals surface area (Å²) in [6.07, 6.45) is 1.41. The standard InChI is InChI=1S/C14H13FN4O2/c1-8(2)19-12(16-7-17-19)6-18-11-4-3-9(15)5-10(11)13(20)14(18)21/h3-5,7-8H,6H2,1-2H3. The molecule has 0 saturated carbocycles. The van der Waals surface area contributed by atoms with Crippen molar-refractivity contribution in [3.05, 3.63) is 41.7 Å². The maximum atomic E-state index is 13.2. The van der Waals surface area contributed by atoms with Crippen molar-refractivity contribution in [2.24, 2.45) is 0 Å². The molecule has 1 aromatic carbocycles. The monoisotopic (exact) mass is 288 g/mol. The molecule has 0 unspecified atom stereocenters. The highest BCUT2D eigenvalue weighted by Crippen LogP contribution is 2.30. The second-order valence-electron chi connectivity index (χ2n) is 5.10. The normalized spacial score (nSPS) is 14.2. The first-order valence-electron chi connectivity index (χ1n) is 6.53. The van der Waals surface area contributed by atoms with E-state index in [1.807, 2.05) is 13.8 Å². The molecule has 1 amide bonds. The Bertz CT molecular complexity index is 738. The number of benzene rings is 1. The van der Waals surface area contributed by atoms with Gasteiger partial charge >= 0.3 is 0 Å². The molecule has 0 saturated heterocycles. The summed E-state index contributed by atoms with van der Waals surface area (Å²) in [6, 6.07) is 3.83. The summed E-state index contributed by atoms with van der Waals surface area (Å²) in [4.78, 5) is 29.4. The Morgan fingerprint density at radius 1 is 1.29 bits per heavy atom. The molecule has 7 heteroatoms. The molecule has 21 heavy (non-hydrogen) atoms. The molecule has 3 rings (SSSR count). The van der Waals surface area contributed by atoms with Crippen LogP contribution in [0.3, 0.4) is 0 Å². The minimum atomic E-state index is -0.694. The van der Waals surface area contributed by atoms with Crippen LogP contribution in [0.2, 0.25) is 0 Å². The lowest BCUT2D eigenvalue weighted by Crippen LogP contribution is -2.30. The Hall–Kier alpha value is -2.57. The van der Waals surface area contributed by atoms with Crippen LogP contribution in [-0.4, -0.2) is 26.5 Å². The average molecular weight is 288 g/mol.